The first-order valence-electron chi connectivity index (χ1n) is 11.3. The van der Waals surface area contributed by atoms with Crippen LogP contribution in [-0.4, -0.2) is 57.4 Å². The molecule has 8 heteroatoms. The van der Waals surface area contributed by atoms with Gasteiger partial charge in [-0.25, -0.2) is 4.79 Å². The SMILES string of the molecule is CC(C)(C)OC(=O)N1CCC[C@@H]1C(=O)NC1CCC(Nc2ccc3[nH]ncc3c2)CC1. The largest absolute Gasteiger partial charge is 0.444 e. The van der Waals surface area contributed by atoms with Gasteiger partial charge < -0.3 is 15.4 Å². The second-order valence-electron chi connectivity index (χ2n) is 9.71. The summed E-state index contributed by atoms with van der Waals surface area (Å²) in [7, 11) is 0. The molecule has 1 saturated carbocycles. The van der Waals surface area contributed by atoms with Crippen molar-refractivity contribution >= 4 is 28.6 Å². The van der Waals surface area contributed by atoms with E-state index >= 15 is 0 Å². The van der Waals surface area contributed by atoms with Crippen LogP contribution in [0, 0.1) is 0 Å². The molecule has 1 aromatic heterocycles. The first-order chi connectivity index (χ1) is 14.8. The molecule has 2 heterocycles. The van der Waals surface area contributed by atoms with Crippen LogP contribution in [0.3, 0.4) is 0 Å². The molecule has 0 spiro atoms. The molecule has 2 amide bonds. The number of rotatable bonds is 4. The van der Waals surface area contributed by atoms with Gasteiger partial charge in [-0.3, -0.25) is 14.8 Å². The Morgan fingerprint density at radius 2 is 1.87 bits per heavy atom. The minimum Gasteiger partial charge on any atom is -0.444 e. The fraction of sp³-hybridized carbons (Fsp3) is 0.609. The molecular formula is C23H33N5O3. The summed E-state index contributed by atoms with van der Waals surface area (Å²) in [6, 6.07) is 6.34. The van der Waals surface area contributed by atoms with Gasteiger partial charge >= 0.3 is 6.09 Å². The Bertz CT molecular complexity index is 927. The highest BCUT2D eigenvalue weighted by Crippen LogP contribution is 2.26. The molecule has 2 aromatic rings. The Balaban J connectivity index is 1.26. The van der Waals surface area contributed by atoms with E-state index in [-0.39, 0.29) is 11.9 Å². The first-order valence-corrected chi connectivity index (χ1v) is 11.3. The fourth-order valence-electron chi connectivity index (χ4n) is 4.53. The van der Waals surface area contributed by atoms with Crippen LogP contribution in [-0.2, 0) is 9.53 Å². The first kappa shape index (κ1) is 21.5. The number of hydrogen-bond donors (Lipinski definition) is 3. The summed E-state index contributed by atoms with van der Waals surface area (Å²) < 4.78 is 5.48. The minimum atomic E-state index is -0.561. The maximum atomic E-state index is 12.9. The average Bonchev–Trinajstić information content (AvgIpc) is 3.37. The van der Waals surface area contributed by atoms with E-state index in [2.05, 4.69) is 33.0 Å². The van der Waals surface area contributed by atoms with Gasteiger partial charge in [-0.15, -0.1) is 0 Å². The number of amides is 2. The van der Waals surface area contributed by atoms with Gasteiger partial charge in [-0.1, -0.05) is 0 Å². The third-order valence-corrected chi connectivity index (χ3v) is 6.07. The van der Waals surface area contributed by atoms with Gasteiger partial charge in [0.1, 0.15) is 11.6 Å². The molecule has 4 rings (SSSR count). The third-order valence-electron chi connectivity index (χ3n) is 6.07. The molecule has 0 unspecified atom stereocenters. The number of ether oxygens (including phenoxy) is 1. The number of nitrogens with zero attached hydrogens (tertiary/aromatic N) is 2. The van der Waals surface area contributed by atoms with Crippen LogP contribution >= 0.6 is 0 Å². The van der Waals surface area contributed by atoms with E-state index in [0.29, 0.717) is 19.0 Å². The van der Waals surface area contributed by atoms with Gasteiger partial charge in [0.25, 0.3) is 0 Å². The van der Waals surface area contributed by atoms with Gasteiger partial charge in [-0.05, 0) is 77.5 Å². The highest BCUT2D eigenvalue weighted by atomic mass is 16.6. The van der Waals surface area contributed by atoms with Gasteiger partial charge in [0.15, 0.2) is 0 Å². The highest BCUT2D eigenvalue weighted by Gasteiger charge is 2.37. The molecule has 2 fully saturated rings. The molecule has 0 bridgehead atoms. The van der Waals surface area contributed by atoms with E-state index in [1.54, 1.807) is 4.90 Å². The molecule has 1 aliphatic heterocycles. The molecule has 168 valence electrons. The minimum absolute atomic E-state index is 0.0508. The molecule has 1 saturated heterocycles. The Labute approximate surface area is 183 Å². The summed E-state index contributed by atoms with van der Waals surface area (Å²) in [6.45, 7) is 6.10. The predicted octanol–water partition coefficient (Wildman–Crippen LogP) is 3.80. The molecule has 3 N–H and O–H groups in total. The molecule has 1 atom stereocenters. The number of carbonyl (C=O) groups is 2. The standard InChI is InChI=1S/C23H33N5O3/c1-23(2,3)31-22(30)28-12-4-5-20(28)21(29)26-17-8-6-16(7-9-17)25-18-10-11-19-15(13-18)14-24-27-19/h10-11,13-14,16-17,20,25H,4-9,12H2,1-3H3,(H,24,27)(H,26,29)/t16?,17?,20-/m1/s1. The zero-order valence-electron chi connectivity index (χ0n) is 18.6. The van der Waals surface area contributed by atoms with E-state index < -0.39 is 17.7 Å². The summed E-state index contributed by atoms with van der Waals surface area (Å²) in [4.78, 5) is 26.9. The van der Waals surface area contributed by atoms with Crippen molar-refractivity contribution in [3.63, 3.8) is 0 Å². The summed E-state index contributed by atoms with van der Waals surface area (Å²) in [6.07, 6.45) is 6.80. The van der Waals surface area contributed by atoms with Crippen LogP contribution in [0.25, 0.3) is 10.9 Å². The Morgan fingerprint density at radius 3 is 2.61 bits per heavy atom. The van der Waals surface area contributed by atoms with Crippen molar-refractivity contribution < 1.29 is 14.3 Å². The van der Waals surface area contributed by atoms with E-state index in [1.807, 2.05) is 33.0 Å². The lowest BCUT2D eigenvalue weighted by Gasteiger charge is -2.32. The maximum absolute atomic E-state index is 12.9. The number of benzene rings is 1. The quantitative estimate of drug-likeness (QED) is 0.689. The Morgan fingerprint density at radius 1 is 1.13 bits per heavy atom. The normalized spacial score (nSPS) is 24.2. The number of aromatic nitrogens is 2. The van der Waals surface area contributed by atoms with Crippen LogP contribution in [0.2, 0.25) is 0 Å². The van der Waals surface area contributed by atoms with Gasteiger partial charge in [-0.2, -0.15) is 5.10 Å². The number of anilines is 1. The number of nitrogens with one attached hydrogen (secondary N) is 3. The van der Waals surface area contributed by atoms with Crippen LogP contribution < -0.4 is 10.6 Å². The van der Waals surface area contributed by atoms with Crippen molar-refractivity contribution in [3.8, 4) is 0 Å². The lowest BCUT2D eigenvalue weighted by atomic mass is 9.90. The summed E-state index contributed by atoms with van der Waals surface area (Å²) >= 11 is 0. The number of H-pyrrole nitrogens is 1. The maximum Gasteiger partial charge on any atom is 0.410 e. The Hall–Kier alpha value is -2.77. The van der Waals surface area contributed by atoms with Crippen LogP contribution in [0.4, 0.5) is 10.5 Å². The van der Waals surface area contributed by atoms with Gasteiger partial charge in [0.05, 0.1) is 11.7 Å². The molecule has 1 aliphatic carbocycles. The van der Waals surface area contributed by atoms with Crippen molar-refractivity contribution in [3.05, 3.63) is 24.4 Å². The Kier molecular flexibility index (Phi) is 6.07. The number of hydrogen-bond acceptors (Lipinski definition) is 5. The monoisotopic (exact) mass is 427 g/mol. The topological polar surface area (TPSA) is 99.4 Å². The van der Waals surface area contributed by atoms with E-state index in [1.165, 1.54) is 0 Å². The van der Waals surface area contributed by atoms with Gasteiger partial charge in [0, 0.05) is 29.7 Å². The molecule has 31 heavy (non-hydrogen) atoms. The third kappa shape index (κ3) is 5.29. The fourth-order valence-corrected chi connectivity index (χ4v) is 4.53. The number of aromatic amines is 1. The molecule has 0 radical (unpaired) electrons. The summed E-state index contributed by atoms with van der Waals surface area (Å²) in [5, 5.41) is 14.9. The van der Waals surface area contributed by atoms with Crippen molar-refractivity contribution in [2.75, 3.05) is 11.9 Å². The summed E-state index contributed by atoms with van der Waals surface area (Å²) in [5.74, 6) is -0.0508. The van der Waals surface area contributed by atoms with E-state index in [4.69, 9.17) is 4.74 Å². The van der Waals surface area contributed by atoms with E-state index in [9.17, 15) is 9.59 Å². The van der Waals surface area contributed by atoms with Crippen LogP contribution in [0.15, 0.2) is 24.4 Å². The second kappa shape index (κ2) is 8.77. The second-order valence-corrected chi connectivity index (χ2v) is 9.71. The van der Waals surface area contributed by atoms with Crippen LogP contribution in [0.5, 0.6) is 0 Å². The zero-order chi connectivity index (χ0) is 22.0. The van der Waals surface area contributed by atoms with Crippen molar-refractivity contribution in [1.29, 1.82) is 0 Å². The number of fused-ring (bicyclic) bond motifs is 1. The number of carbonyl (C=O) groups excluding carboxylic acids is 2. The molecule has 2 aliphatic rings. The molecular weight excluding hydrogens is 394 g/mol. The van der Waals surface area contributed by atoms with Crippen molar-refractivity contribution in [2.24, 2.45) is 0 Å². The summed E-state index contributed by atoms with van der Waals surface area (Å²) in [5.41, 5.74) is 1.57. The molecule has 8 nitrogen and oxygen atoms in total. The van der Waals surface area contributed by atoms with Crippen molar-refractivity contribution in [1.82, 2.24) is 20.4 Å². The average molecular weight is 428 g/mol. The van der Waals surface area contributed by atoms with Crippen LogP contribution in [0.1, 0.15) is 59.3 Å². The van der Waals surface area contributed by atoms with Gasteiger partial charge in [0.2, 0.25) is 5.91 Å². The smallest absolute Gasteiger partial charge is 0.410 e. The molecule has 1 aromatic carbocycles. The lowest BCUT2D eigenvalue weighted by molar-refractivity contribution is -0.126. The highest BCUT2D eigenvalue weighted by molar-refractivity contribution is 5.86. The predicted molar refractivity (Wildman–Crippen MR) is 120 cm³/mol. The number of likely N-dealkylation sites (tertiary alicyclic amines) is 1. The zero-order valence-corrected chi connectivity index (χ0v) is 18.6. The lowest BCUT2D eigenvalue weighted by Crippen LogP contribution is -2.50. The van der Waals surface area contributed by atoms with Crippen molar-refractivity contribution in [2.45, 2.75) is 83.0 Å². The van der Waals surface area contributed by atoms with E-state index in [0.717, 1.165) is 48.7 Å².